The Kier molecular flexibility index (Phi) is 10.6. The number of anilines is 1. The van der Waals surface area contributed by atoms with Gasteiger partial charge in [0.05, 0.1) is 18.2 Å². The van der Waals surface area contributed by atoms with Crippen LogP contribution < -0.4 is 14.4 Å². The van der Waals surface area contributed by atoms with Crippen LogP contribution in [0, 0.1) is 0 Å². The van der Waals surface area contributed by atoms with Crippen molar-refractivity contribution >= 4 is 69.2 Å². The third-order valence-electron chi connectivity index (χ3n) is 6.61. The minimum Gasteiger partial charge on any atom is -0.503 e. The molecular weight excluding hydrogens is 653 g/mol. The lowest BCUT2D eigenvalue weighted by Crippen LogP contribution is -2.31. The Hall–Kier alpha value is -4.09. The summed E-state index contributed by atoms with van der Waals surface area (Å²) in [6.07, 6.45) is 4.59. The molecule has 1 amide bonds. The Morgan fingerprint density at radius 3 is 2.62 bits per heavy atom. The number of rotatable bonds is 13. The average Bonchev–Trinajstić information content (AvgIpc) is 3.61. The molecule has 0 radical (unpaired) electrons. The Bertz CT molecular complexity index is 1790. The largest absolute Gasteiger partial charge is 0.503 e. The Labute approximate surface area is 278 Å². The van der Waals surface area contributed by atoms with E-state index in [1.165, 1.54) is 22.7 Å². The molecule has 0 spiro atoms. The Morgan fingerprint density at radius 2 is 1.89 bits per heavy atom. The van der Waals surface area contributed by atoms with Crippen LogP contribution in [0.1, 0.15) is 29.7 Å². The van der Waals surface area contributed by atoms with E-state index in [1.54, 1.807) is 42.5 Å². The number of aliphatic hydroxyl groups excluding tert-OH is 1. The van der Waals surface area contributed by atoms with Gasteiger partial charge in [-0.3, -0.25) is 14.5 Å². The molecule has 12 heteroatoms. The zero-order chi connectivity index (χ0) is 31.9. The normalized spacial score (nSPS) is 14.8. The van der Waals surface area contributed by atoms with Crippen LogP contribution in [-0.2, 0) is 15.3 Å². The molecule has 230 valence electrons. The number of aromatic nitrogens is 2. The zero-order valence-electron chi connectivity index (χ0n) is 24.0. The van der Waals surface area contributed by atoms with Crippen LogP contribution in [0.4, 0.5) is 5.13 Å². The number of hydrogen-bond donors (Lipinski definition) is 1. The Balaban J connectivity index is 1.51. The maximum atomic E-state index is 13.7. The van der Waals surface area contributed by atoms with Gasteiger partial charge >= 0.3 is 0 Å². The first kappa shape index (κ1) is 32.3. The topological polar surface area (TPSA) is 102 Å². The number of hydrogen-bond acceptors (Lipinski definition) is 9. The van der Waals surface area contributed by atoms with Crippen LogP contribution in [-0.4, -0.2) is 40.2 Å². The number of aliphatic hydroxyl groups is 1. The molecule has 0 aliphatic carbocycles. The number of benzene rings is 3. The summed E-state index contributed by atoms with van der Waals surface area (Å²) in [5.74, 6) is -0.588. The number of allylic oxidation sites excluding steroid dienone is 1. The first-order valence-corrected chi connectivity index (χ1v) is 16.3. The maximum Gasteiger partial charge on any atom is 0.296 e. The van der Waals surface area contributed by atoms with Crippen molar-refractivity contribution in [3.05, 3.63) is 124 Å². The van der Waals surface area contributed by atoms with E-state index >= 15 is 0 Å². The average molecular weight is 681 g/mol. The van der Waals surface area contributed by atoms with Gasteiger partial charge in [0.2, 0.25) is 5.13 Å². The van der Waals surface area contributed by atoms with Crippen LogP contribution in [0.25, 0.3) is 6.08 Å². The lowest BCUT2D eigenvalue weighted by Gasteiger charge is -2.24. The van der Waals surface area contributed by atoms with Gasteiger partial charge in [-0.05, 0) is 54.0 Å². The predicted molar refractivity (Wildman–Crippen MR) is 180 cm³/mol. The van der Waals surface area contributed by atoms with Gasteiger partial charge in [0.25, 0.3) is 5.91 Å². The molecule has 4 aromatic rings. The highest BCUT2D eigenvalue weighted by molar-refractivity contribution is 8.00. The Morgan fingerprint density at radius 1 is 1.09 bits per heavy atom. The summed E-state index contributed by atoms with van der Waals surface area (Å²) in [6.45, 7) is 6.13. The molecule has 0 saturated carbocycles. The van der Waals surface area contributed by atoms with Gasteiger partial charge in [-0.25, -0.2) is 0 Å². The quantitative estimate of drug-likeness (QED) is 0.0652. The molecule has 1 aromatic heterocycles. The molecule has 1 atom stereocenters. The minimum absolute atomic E-state index is 0.0910. The van der Waals surface area contributed by atoms with E-state index in [9.17, 15) is 14.7 Å². The minimum atomic E-state index is -1.02. The predicted octanol–water partition coefficient (Wildman–Crippen LogP) is 8.28. The van der Waals surface area contributed by atoms with Crippen LogP contribution in [0.15, 0.2) is 101 Å². The summed E-state index contributed by atoms with van der Waals surface area (Å²) in [4.78, 5) is 28.6. The van der Waals surface area contributed by atoms with Gasteiger partial charge in [-0.1, -0.05) is 107 Å². The van der Waals surface area contributed by atoms with E-state index in [2.05, 4.69) is 16.8 Å². The SMILES string of the molecule is C=CCOc1ccc(C2C(C(=O)C=Cc3ccccc3)=C(O)C(=O)N2c2nnc(SCc3ccc(Cl)cc3Cl)s2)cc1OCC. The molecule has 8 nitrogen and oxygen atoms in total. The monoisotopic (exact) mass is 679 g/mol. The summed E-state index contributed by atoms with van der Waals surface area (Å²) < 4.78 is 12.2. The number of thioether (sulfide) groups is 1. The number of ether oxygens (including phenoxy) is 2. The molecule has 5 rings (SSSR count). The second-order valence-corrected chi connectivity index (χ2v) is 12.6. The summed E-state index contributed by atoms with van der Waals surface area (Å²) in [5, 5.41) is 21.0. The standard InChI is InChI=1S/C33H27Cl2N3O5S2/c1-3-16-43-26-15-12-21(17-27(26)42-4-2)29-28(25(39)14-10-20-8-6-5-7-9-20)30(40)31(41)38(29)32-36-37-33(45-32)44-19-22-11-13-23(34)18-24(22)35/h3,5-15,17-18,29,40H,1,4,16,19H2,2H3. The fourth-order valence-corrected chi connectivity index (χ4v) is 6.99. The number of nitrogens with zero attached hydrogens (tertiary/aromatic N) is 3. The van der Waals surface area contributed by atoms with Crippen LogP contribution >= 0.6 is 46.3 Å². The fraction of sp³-hybridized carbons (Fsp3) is 0.152. The van der Waals surface area contributed by atoms with Gasteiger partial charge < -0.3 is 14.6 Å². The van der Waals surface area contributed by atoms with E-state index in [4.69, 9.17) is 32.7 Å². The molecule has 1 aliphatic heterocycles. The van der Waals surface area contributed by atoms with Gasteiger partial charge in [0.1, 0.15) is 6.61 Å². The van der Waals surface area contributed by atoms with Crippen molar-refractivity contribution in [1.29, 1.82) is 0 Å². The van der Waals surface area contributed by atoms with Crippen molar-refractivity contribution in [2.45, 2.75) is 23.1 Å². The number of halogens is 2. The highest BCUT2D eigenvalue weighted by Crippen LogP contribution is 2.45. The number of carbonyl (C=O) groups excluding carboxylic acids is 2. The highest BCUT2D eigenvalue weighted by atomic mass is 35.5. The lowest BCUT2D eigenvalue weighted by molar-refractivity contribution is -0.117. The summed E-state index contributed by atoms with van der Waals surface area (Å²) in [6, 6.07) is 18.6. The molecule has 1 unspecified atom stereocenters. The maximum absolute atomic E-state index is 13.7. The van der Waals surface area contributed by atoms with Crippen LogP contribution in [0.5, 0.6) is 11.5 Å². The second kappa shape index (κ2) is 14.8. The first-order chi connectivity index (χ1) is 21.8. The molecule has 0 bridgehead atoms. The fourth-order valence-electron chi connectivity index (χ4n) is 4.56. The van der Waals surface area contributed by atoms with E-state index < -0.39 is 23.5 Å². The van der Waals surface area contributed by atoms with Crippen molar-refractivity contribution in [3.63, 3.8) is 0 Å². The molecule has 3 aromatic carbocycles. The summed E-state index contributed by atoms with van der Waals surface area (Å²) in [5.41, 5.74) is 2.07. The molecule has 2 heterocycles. The van der Waals surface area contributed by atoms with Crippen LogP contribution in [0.3, 0.4) is 0 Å². The molecule has 0 fully saturated rings. The summed E-state index contributed by atoms with van der Waals surface area (Å²) in [7, 11) is 0. The van der Waals surface area contributed by atoms with Crippen molar-refractivity contribution in [2.75, 3.05) is 18.1 Å². The van der Waals surface area contributed by atoms with E-state index in [0.29, 0.717) is 43.8 Å². The smallest absolute Gasteiger partial charge is 0.296 e. The van der Waals surface area contributed by atoms with Crippen molar-refractivity contribution < 1.29 is 24.2 Å². The third-order valence-corrected chi connectivity index (χ3v) is 9.30. The van der Waals surface area contributed by atoms with Gasteiger partial charge in [-0.15, -0.1) is 10.2 Å². The molecular formula is C33H27Cl2N3O5S2. The molecule has 0 saturated heterocycles. The molecule has 1 aliphatic rings. The second-order valence-electron chi connectivity index (χ2n) is 9.56. The zero-order valence-corrected chi connectivity index (χ0v) is 27.1. The number of ketones is 1. The number of amides is 1. The van der Waals surface area contributed by atoms with Crippen molar-refractivity contribution in [3.8, 4) is 11.5 Å². The summed E-state index contributed by atoms with van der Waals surface area (Å²) >= 11 is 14.9. The van der Waals surface area contributed by atoms with Crippen molar-refractivity contribution in [2.24, 2.45) is 0 Å². The highest BCUT2D eigenvalue weighted by Gasteiger charge is 2.45. The molecule has 45 heavy (non-hydrogen) atoms. The third kappa shape index (κ3) is 7.42. The van der Waals surface area contributed by atoms with E-state index in [0.717, 1.165) is 22.5 Å². The van der Waals surface area contributed by atoms with Gasteiger partial charge in [0, 0.05) is 15.8 Å². The van der Waals surface area contributed by atoms with Gasteiger partial charge in [0.15, 0.2) is 27.4 Å². The van der Waals surface area contributed by atoms with Crippen LogP contribution in [0.2, 0.25) is 10.0 Å². The van der Waals surface area contributed by atoms with Gasteiger partial charge in [-0.2, -0.15) is 0 Å². The first-order valence-electron chi connectivity index (χ1n) is 13.8. The number of carbonyl (C=O) groups is 2. The van der Waals surface area contributed by atoms with Crippen molar-refractivity contribution in [1.82, 2.24) is 10.2 Å². The lowest BCUT2D eigenvalue weighted by atomic mass is 9.95. The molecule has 1 N–H and O–H groups in total. The van der Waals surface area contributed by atoms with E-state index in [1.807, 2.05) is 43.3 Å². The van der Waals surface area contributed by atoms with E-state index in [-0.39, 0.29) is 17.3 Å².